The van der Waals surface area contributed by atoms with Crippen LogP contribution in [0.3, 0.4) is 0 Å². The Hall–Kier alpha value is -3.48. The molecule has 1 fully saturated rings. The quantitative estimate of drug-likeness (QED) is 0.664. The predicted molar refractivity (Wildman–Crippen MR) is 121 cm³/mol. The number of aromatic nitrogens is 2. The lowest BCUT2D eigenvalue weighted by Gasteiger charge is -2.32. The summed E-state index contributed by atoms with van der Waals surface area (Å²) in [6, 6.07) is 12.7. The Kier molecular flexibility index (Phi) is 6.35. The van der Waals surface area contributed by atoms with Gasteiger partial charge in [0.2, 0.25) is 0 Å². The van der Waals surface area contributed by atoms with Gasteiger partial charge in [0.15, 0.2) is 0 Å². The molecule has 2 heterocycles. The molecule has 166 valence electrons. The van der Waals surface area contributed by atoms with E-state index >= 15 is 0 Å². The summed E-state index contributed by atoms with van der Waals surface area (Å²) < 4.78 is 16.4. The minimum atomic E-state index is -0.501. The van der Waals surface area contributed by atoms with Crippen molar-refractivity contribution in [3.63, 3.8) is 0 Å². The van der Waals surface area contributed by atoms with Crippen LogP contribution < -0.4 is 5.32 Å². The molecule has 3 aromatic rings. The first kappa shape index (κ1) is 21.7. The minimum Gasteiger partial charge on any atom is -0.352 e. The average Bonchev–Trinajstić information content (AvgIpc) is 3.24. The van der Waals surface area contributed by atoms with Crippen LogP contribution in [0.25, 0.3) is 11.1 Å². The monoisotopic (exact) mass is 434 g/mol. The third-order valence-corrected chi connectivity index (χ3v) is 6.00. The highest BCUT2D eigenvalue weighted by molar-refractivity contribution is 5.95. The molecule has 6 nitrogen and oxygen atoms in total. The highest BCUT2D eigenvalue weighted by Gasteiger charge is 2.26. The lowest BCUT2D eigenvalue weighted by Crippen LogP contribution is -2.41. The number of amides is 2. The third kappa shape index (κ3) is 4.88. The summed E-state index contributed by atoms with van der Waals surface area (Å²) >= 11 is 0. The Labute approximate surface area is 187 Å². The van der Waals surface area contributed by atoms with E-state index in [0.29, 0.717) is 25.2 Å². The van der Waals surface area contributed by atoms with E-state index in [2.05, 4.69) is 10.4 Å². The molecule has 4 rings (SSSR count). The van der Waals surface area contributed by atoms with Crippen LogP contribution in [-0.4, -0.2) is 46.1 Å². The topological polar surface area (TPSA) is 67.2 Å². The molecule has 32 heavy (non-hydrogen) atoms. The van der Waals surface area contributed by atoms with Gasteiger partial charge in [0, 0.05) is 32.9 Å². The summed E-state index contributed by atoms with van der Waals surface area (Å²) in [4.78, 5) is 26.7. The predicted octanol–water partition coefficient (Wildman–Crippen LogP) is 3.82. The fourth-order valence-electron chi connectivity index (χ4n) is 4.00. The molecular weight excluding hydrogens is 407 g/mol. The number of piperidine rings is 1. The number of hydrogen-bond donors (Lipinski definition) is 1. The van der Waals surface area contributed by atoms with Crippen LogP contribution in [-0.2, 0) is 7.05 Å². The second-order valence-electron chi connectivity index (χ2n) is 8.41. The van der Waals surface area contributed by atoms with Crippen LogP contribution in [0.15, 0.2) is 54.9 Å². The van der Waals surface area contributed by atoms with Gasteiger partial charge in [-0.1, -0.05) is 35.9 Å². The van der Waals surface area contributed by atoms with Gasteiger partial charge in [-0.3, -0.25) is 14.3 Å². The molecule has 1 aromatic heterocycles. The SMILES string of the molecule is Cc1ccc(-c2ccc(C(=O)N3CCC(CNC(=O)c4cnn(C)c4)CC3)c(F)c2)cc1. The smallest absolute Gasteiger partial charge is 0.256 e. The highest BCUT2D eigenvalue weighted by atomic mass is 19.1. The Morgan fingerprint density at radius 3 is 2.41 bits per heavy atom. The molecule has 0 spiro atoms. The number of carbonyl (C=O) groups is 2. The number of nitrogens with one attached hydrogen (secondary N) is 1. The van der Waals surface area contributed by atoms with Crippen LogP contribution in [0.2, 0.25) is 0 Å². The number of aryl methyl sites for hydroxylation is 2. The van der Waals surface area contributed by atoms with Crippen LogP contribution >= 0.6 is 0 Å². The maximum absolute atomic E-state index is 14.8. The number of carbonyl (C=O) groups excluding carboxylic acids is 2. The lowest BCUT2D eigenvalue weighted by molar-refractivity contribution is 0.0679. The van der Waals surface area contributed by atoms with E-state index in [-0.39, 0.29) is 23.3 Å². The minimum absolute atomic E-state index is 0.101. The zero-order valence-corrected chi connectivity index (χ0v) is 18.3. The molecule has 2 aromatic carbocycles. The molecule has 0 bridgehead atoms. The van der Waals surface area contributed by atoms with Gasteiger partial charge in [-0.15, -0.1) is 0 Å². The molecule has 0 saturated carbocycles. The van der Waals surface area contributed by atoms with Gasteiger partial charge in [-0.05, 0) is 48.9 Å². The van der Waals surface area contributed by atoms with Crippen molar-refractivity contribution in [2.24, 2.45) is 13.0 Å². The number of hydrogen-bond acceptors (Lipinski definition) is 3. The van der Waals surface area contributed by atoms with E-state index in [4.69, 9.17) is 0 Å². The number of benzene rings is 2. The number of halogens is 1. The van der Waals surface area contributed by atoms with Gasteiger partial charge in [-0.2, -0.15) is 5.10 Å². The molecule has 0 radical (unpaired) electrons. The van der Waals surface area contributed by atoms with Crippen molar-refractivity contribution in [1.29, 1.82) is 0 Å². The standard InChI is InChI=1S/C25H27FN4O2/c1-17-3-5-19(6-4-17)20-7-8-22(23(26)13-20)25(32)30-11-9-18(10-12-30)14-27-24(31)21-15-28-29(2)16-21/h3-8,13,15-16,18H,9-12,14H2,1-2H3,(H,27,31). The van der Waals surface area contributed by atoms with Crippen molar-refractivity contribution in [3.05, 3.63) is 77.4 Å². The Morgan fingerprint density at radius 1 is 1.09 bits per heavy atom. The first-order valence-electron chi connectivity index (χ1n) is 10.8. The molecule has 1 aliphatic heterocycles. The van der Waals surface area contributed by atoms with Gasteiger partial charge in [0.05, 0.1) is 17.3 Å². The normalized spacial score (nSPS) is 14.4. The first-order valence-corrected chi connectivity index (χ1v) is 10.8. The second kappa shape index (κ2) is 9.34. The molecule has 7 heteroatoms. The van der Waals surface area contributed by atoms with Gasteiger partial charge >= 0.3 is 0 Å². The molecular formula is C25H27FN4O2. The maximum atomic E-state index is 14.8. The van der Waals surface area contributed by atoms with E-state index in [9.17, 15) is 14.0 Å². The highest BCUT2D eigenvalue weighted by Crippen LogP contribution is 2.25. The van der Waals surface area contributed by atoms with Crippen molar-refractivity contribution in [3.8, 4) is 11.1 Å². The first-order chi connectivity index (χ1) is 15.4. The Morgan fingerprint density at radius 2 is 1.78 bits per heavy atom. The van der Waals surface area contributed by atoms with Gasteiger partial charge in [0.25, 0.3) is 11.8 Å². The van der Waals surface area contributed by atoms with E-state index in [1.54, 1.807) is 35.0 Å². The van der Waals surface area contributed by atoms with Crippen molar-refractivity contribution < 1.29 is 14.0 Å². The Balaban J connectivity index is 1.32. The maximum Gasteiger partial charge on any atom is 0.256 e. The Bertz CT molecular complexity index is 1120. The molecule has 1 aliphatic rings. The van der Waals surface area contributed by atoms with E-state index in [1.165, 1.54) is 12.3 Å². The van der Waals surface area contributed by atoms with E-state index in [0.717, 1.165) is 29.5 Å². The molecule has 1 saturated heterocycles. The molecule has 0 aliphatic carbocycles. The summed E-state index contributed by atoms with van der Waals surface area (Å²) in [6.45, 7) is 3.65. The second-order valence-corrected chi connectivity index (χ2v) is 8.41. The average molecular weight is 435 g/mol. The fraction of sp³-hybridized carbons (Fsp3) is 0.320. The zero-order chi connectivity index (χ0) is 22.7. The van der Waals surface area contributed by atoms with Gasteiger partial charge in [0.1, 0.15) is 5.82 Å². The van der Waals surface area contributed by atoms with Crippen LogP contribution in [0, 0.1) is 18.7 Å². The summed E-state index contributed by atoms with van der Waals surface area (Å²) in [5, 5.41) is 6.94. The van der Waals surface area contributed by atoms with Crippen molar-refractivity contribution in [1.82, 2.24) is 20.0 Å². The summed E-state index contributed by atoms with van der Waals surface area (Å²) in [5.41, 5.74) is 3.44. The van der Waals surface area contributed by atoms with E-state index in [1.807, 2.05) is 31.2 Å². The number of likely N-dealkylation sites (tertiary alicyclic amines) is 1. The third-order valence-electron chi connectivity index (χ3n) is 6.00. The summed E-state index contributed by atoms with van der Waals surface area (Å²) in [5.74, 6) is -0.643. The van der Waals surface area contributed by atoms with Crippen LogP contribution in [0.4, 0.5) is 4.39 Å². The molecule has 0 atom stereocenters. The van der Waals surface area contributed by atoms with E-state index < -0.39 is 5.82 Å². The zero-order valence-electron chi connectivity index (χ0n) is 18.3. The lowest BCUT2D eigenvalue weighted by atomic mass is 9.95. The van der Waals surface area contributed by atoms with Crippen LogP contribution in [0.5, 0.6) is 0 Å². The number of rotatable bonds is 5. The summed E-state index contributed by atoms with van der Waals surface area (Å²) in [6.07, 6.45) is 4.74. The molecule has 1 N–H and O–H groups in total. The number of nitrogens with zero attached hydrogens (tertiary/aromatic N) is 3. The van der Waals surface area contributed by atoms with Crippen molar-refractivity contribution in [2.45, 2.75) is 19.8 Å². The van der Waals surface area contributed by atoms with Crippen molar-refractivity contribution in [2.75, 3.05) is 19.6 Å². The van der Waals surface area contributed by atoms with Gasteiger partial charge in [-0.25, -0.2) is 4.39 Å². The largest absolute Gasteiger partial charge is 0.352 e. The summed E-state index contributed by atoms with van der Waals surface area (Å²) in [7, 11) is 1.77. The molecule has 2 amide bonds. The van der Waals surface area contributed by atoms with Crippen LogP contribution in [0.1, 0.15) is 39.1 Å². The van der Waals surface area contributed by atoms with Crippen molar-refractivity contribution >= 4 is 11.8 Å². The van der Waals surface area contributed by atoms with Gasteiger partial charge < -0.3 is 10.2 Å². The fourth-order valence-corrected chi connectivity index (χ4v) is 4.00. The molecule has 0 unspecified atom stereocenters.